The number of hydrogen-bond donors (Lipinski definition) is 0. The summed E-state index contributed by atoms with van der Waals surface area (Å²) in [6.07, 6.45) is 8.15. The molecule has 1 heterocycles. The molecule has 0 amide bonds. The van der Waals surface area contributed by atoms with Gasteiger partial charge in [0.15, 0.2) is 0 Å². The smallest absolute Gasteiger partial charge is 0.298 e. The predicted molar refractivity (Wildman–Crippen MR) is 136 cm³/mol. The summed E-state index contributed by atoms with van der Waals surface area (Å²) in [6, 6.07) is 7.83. The van der Waals surface area contributed by atoms with E-state index >= 15 is 0 Å². The minimum atomic E-state index is -0.423. The maximum Gasteiger partial charge on any atom is 0.339 e. The normalized spacial score (nSPS) is 24.8. The third-order valence-corrected chi connectivity index (χ3v) is 7.32. The molecule has 1 fully saturated rings. The molecule has 186 valence electrons. The highest BCUT2D eigenvalue weighted by atomic mass is 35.5. The van der Waals surface area contributed by atoms with Crippen LogP contribution in [0.3, 0.4) is 0 Å². The van der Waals surface area contributed by atoms with Crippen LogP contribution >= 0.6 is 11.6 Å². The van der Waals surface area contributed by atoms with E-state index in [-0.39, 0.29) is 22.9 Å². The Morgan fingerprint density at radius 1 is 1.26 bits per heavy atom. The van der Waals surface area contributed by atoms with Gasteiger partial charge >= 0.3 is 5.97 Å². The second kappa shape index (κ2) is 10.6. The molecule has 1 aliphatic rings. The number of carbonyl (C=O) groups excluding carboxylic acids is 1. The third-order valence-electron chi connectivity index (χ3n) is 7.07. The lowest BCUT2D eigenvalue weighted by molar-refractivity contribution is -0.318. The minimum absolute atomic E-state index is 0.0877. The Bertz CT molecular complexity index is 980. The van der Waals surface area contributed by atoms with Crippen molar-refractivity contribution in [2.75, 3.05) is 0 Å². The maximum absolute atomic E-state index is 11.5. The predicted octanol–water partition coefficient (Wildman–Crippen LogP) is 6.92. The van der Waals surface area contributed by atoms with Crippen LogP contribution in [0, 0.1) is 28.6 Å². The molecule has 4 unspecified atom stereocenters. The van der Waals surface area contributed by atoms with Crippen molar-refractivity contribution in [1.82, 2.24) is 14.8 Å². The number of nitrogens with zero attached hydrogens (tertiary/aromatic N) is 3. The van der Waals surface area contributed by atoms with E-state index in [4.69, 9.17) is 21.4 Å². The lowest BCUT2D eigenvalue weighted by Crippen LogP contribution is -2.47. The summed E-state index contributed by atoms with van der Waals surface area (Å²) < 4.78 is 1.88. The first kappa shape index (κ1) is 26.4. The highest BCUT2D eigenvalue weighted by molar-refractivity contribution is 6.30. The van der Waals surface area contributed by atoms with E-state index in [1.54, 1.807) is 12.7 Å². The van der Waals surface area contributed by atoms with Crippen molar-refractivity contribution < 1.29 is 14.6 Å². The zero-order valence-electron chi connectivity index (χ0n) is 21.4. The van der Waals surface area contributed by atoms with E-state index in [0.29, 0.717) is 16.9 Å². The van der Waals surface area contributed by atoms with Crippen molar-refractivity contribution in [3.63, 3.8) is 0 Å². The highest BCUT2D eigenvalue weighted by Gasteiger charge is 2.50. The molecule has 7 heteroatoms. The summed E-state index contributed by atoms with van der Waals surface area (Å²) in [5.74, 6) is 0.447. The molecule has 0 saturated heterocycles. The van der Waals surface area contributed by atoms with E-state index < -0.39 is 5.97 Å². The average molecular weight is 488 g/mol. The Morgan fingerprint density at radius 2 is 1.94 bits per heavy atom. The van der Waals surface area contributed by atoms with Crippen molar-refractivity contribution in [3.8, 4) is 0 Å². The van der Waals surface area contributed by atoms with E-state index in [9.17, 15) is 4.79 Å². The van der Waals surface area contributed by atoms with Crippen LogP contribution < -0.4 is 0 Å². The molecule has 34 heavy (non-hydrogen) atoms. The fourth-order valence-corrected chi connectivity index (χ4v) is 5.98. The first-order valence-electron chi connectivity index (χ1n) is 12.1. The summed E-state index contributed by atoms with van der Waals surface area (Å²) in [5, 5.41) is 5.23. The molecule has 2 aromatic rings. The number of allylic oxidation sites excluding steroid dienone is 1. The standard InChI is InChI=1S/C27H38ClN3O3/c1-18(2)22-12-13-27(7,15-24(22)34-33-19(3)32)25(26(4,5)6)23(31-17-29-16-30-31)14-20-8-10-21(28)11-9-20/h8-11,14,16-18,22,24-25H,12-13,15H2,1-7H3/b23-14+. The summed E-state index contributed by atoms with van der Waals surface area (Å²) in [4.78, 5) is 26.6. The van der Waals surface area contributed by atoms with Gasteiger partial charge in [-0.2, -0.15) is 9.99 Å². The number of aromatic nitrogens is 3. The first-order chi connectivity index (χ1) is 15.9. The second-order valence-electron chi connectivity index (χ2n) is 11.3. The summed E-state index contributed by atoms with van der Waals surface area (Å²) in [5.41, 5.74) is 1.91. The molecule has 6 nitrogen and oxygen atoms in total. The maximum atomic E-state index is 11.5. The number of benzene rings is 1. The SMILES string of the molecule is CC(=O)OOC1CC(C)(C(/C(=C\c2ccc(Cl)cc2)n2cncn2)C(C)(C)C)CCC1C(C)C. The molecule has 0 radical (unpaired) electrons. The molecule has 3 rings (SSSR count). The molecule has 0 N–H and O–H groups in total. The van der Waals surface area contributed by atoms with Crippen molar-refractivity contribution >= 4 is 29.3 Å². The van der Waals surface area contributed by atoms with Crippen molar-refractivity contribution in [1.29, 1.82) is 0 Å². The Kier molecular flexibility index (Phi) is 8.25. The Balaban J connectivity index is 2.07. The van der Waals surface area contributed by atoms with Crippen LogP contribution in [0.15, 0.2) is 36.9 Å². The van der Waals surface area contributed by atoms with Gasteiger partial charge in [-0.1, -0.05) is 65.3 Å². The second-order valence-corrected chi connectivity index (χ2v) is 11.7. The fourth-order valence-electron chi connectivity index (χ4n) is 5.85. The van der Waals surface area contributed by atoms with Crippen LogP contribution in [0.5, 0.6) is 0 Å². The lowest BCUT2D eigenvalue weighted by atomic mass is 9.55. The molecule has 1 aromatic heterocycles. The van der Waals surface area contributed by atoms with Gasteiger partial charge in [-0.3, -0.25) is 4.89 Å². The monoisotopic (exact) mass is 487 g/mol. The van der Waals surface area contributed by atoms with Gasteiger partial charge in [0.2, 0.25) is 0 Å². The minimum Gasteiger partial charge on any atom is -0.298 e. The molecular formula is C27H38ClN3O3. The number of hydrogen-bond acceptors (Lipinski definition) is 5. The van der Waals surface area contributed by atoms with Crippen LogP contribution in [0.4, 0.5) is 0 Å². The van der Waals surface area contributed by atoms with Gasteiger partial charge in [-0.15, -0.1) is 0 Å². The Hall–Kier alpha value is -2.18. The van der Waals surface area contributed by atoms with Gasteiger partial charge in [0.25, 0.3) is 0 Å². The van der Waals surface area contributed by atoms with Gasteiger partial charge in [-0.25, -0.2) is 14.5 Å². The third kappa shape index (κ3) is 6.28. The molecular weight excluding hydrogens is 450 g/mol. The Labute approximate surface area is 208 Å². The van der Waals surface area contributed by atoms with E-state index in [0.717, 1.165) is 30.5 Å². The average Bonchev–Trinajstić information content (AvgIpc) is 3.27. The van der Waals surface area contributed by atoms with Gasteiger partial charge in [0, 0.05) is 23.6 Å². The fraction of sp³-hybridized carbons (Fsp3) is 0.593. The Morgan fingerprint density at radius 3 is 2.47 bits per heavy atom. The summed E-state index contributed by atoms with van der Waals surface area (Å²) in [6.45, 7) is 14.9. The number of rotatable bonds is 7. The van der Waals surface area contributed by atoms with Crippen LogP contribution in [0.2, 0.25) is 5.02 Å². The summed E-state index contributed by atoms with van der Waals surface area (Å²) in [7, 11) is 0. The van der Waals surface area contributed by atoms with Gasteiger partial charge in [0.1, 0.15) is 18.8 Å². The highest BCUT2D eigenvalue weighted by Crippen LogP contribution is 2.55. The molecule has 0 bridgehead atoms. The number of carbonyl (C=O) groups is 1. The van der Waals surface area contributed by atoms with Gasteiger partial charge < -0.3 is 0 Å². The summed E-state index contributed by atoms with van der Waals surface area (Å²) >= 11 is 6.14. The van der Waals surface area contributed by atoms with Crippen LogP contribution in [0.25, 0.3) is 11.8 Å². The van der Waals surface area contributed by atoms with Gasteiger partial charge in [0.05, 0.1) is 0 Å². The molecule has 4 atom stereocenters. The van der Waals surface area contributed by atoms with Crippen molar-refractivity contribution in [2.45, 2.75) is 73.8 Å². The van der Waals surface area contributed by atoms with E-state index in [1.807, 2.05) is 28.9 Å². The van der Waals surface area contributed by atoms with Crippen LogP contribution in [-0.4, -0.2) is 26.8 Å². The van der Waals surface area contributed by atoms with Crippen LogP contribution in [0.1, 0.15) is 73.3 Å². The molecule has 0 aliphatic heterocycles. The molecule has 1 saturated carbocycles. The van der Waals surface area contributed by atoms with E-state index in [2.05, 4.69) is 57.7 Å². The quantitative estimate of drug-likeness (QED) is 0.313. The lowest BCUT2D eigenvalue weighted by Gasteiger charge is -2.51. The zero-order chi connectivity index (χ0) is 25.1. The van der Waals surface area contributed by atoms with Gasteiger partial charge in [-0.05, 0) is 65.7 Å². The molecule has 1 aliphatic carbocycles. The largest absolute Gasteiger partial charge is 0.339 e. The first-order valence-corrected chi connectivity index (χ1v) is 12.4. The molecule has 1 aromatic carbocycles. The van der Waals surface area contributed by atoms with Crippen molar-refractivity contribution in [2.24, 2.45) is 28.6 Å². The molecule has 0 spiro atoms. The van der Waals surface area contributed by atoms with E-state index in [1.165, 1.54) is 6.92 Å². The zero-order valence-corrected chi connectivity index (χ0v) is 22.2. The number of halogens is 1. The van der Waals surface area contributed by atoms with Crippen LogP contribution in [-0.2, 0) is 14.6 Å². The topological polar surface area (TPSA) is 66.2 Å². The van der Waals surface area contributed by atoms with Crippen molar-refractivity contribution in [3.05, 3.63) is 47.5 Å².